The van der Waals surface area contributed by atoms with Crippen molar-refractivity contribution in [3.05, 3.63) is 20.7 Å². The maximum absolute atomic E-state index is 10.9. The number of rotatable bonds is 6. The van der Waals surface area contributed by atoms with Crippen LogP contribution in [0, 0.1) is 0 Å². The van der Waals surface area contributed by atoms with E-state index in [0.29, 0.717) is 19.6 Å². The van der Waals surface area contributed by atoms with Crippen LogP contribution in [0.4, 0.5) is 0 Å². The van der Waals surface area contributed by atoms with Crippen LogP contribution in [-0.4, -0.2) is 60.5 Å². The van der Waals surface area contributed by atoms with Crippen molar-refractivity contribution in [2.75, 3.05) is 39.4 Å². The molecule has 2 heterocycles. The molecule has 7 heteroatoms. The van der Waals surface area contributed by atoms with Gasteiger partial charge in [-0.3, -0.25) is 9.69 Å². The van der Waals surface area contributed by atoms with Gasteiger partial charge < -0.3 is 20.1 Å². The van der Waals surface area contributed by atoms with Gasteiger partial charge in [-0.1, -0.05) is 11.3 Å². The highest BCUT2D eigenvalue weighted by Crippen LogP contribution is 1.99. The predicted octanol–water partition coefficient (Wildman–Crippen LogP) is -0.781. The SMILES string of the molecule is O=c1[nH]c(CNCC(O)CN2CCOCC2)cs1. The summed E-state index contributed by atoms with van der Waals surface area (Å²) >= 11 is 1.16. The van der Waals surface area contributed by atoms with Crippen LogP contribution < -0.4 is 10.2 Å². The fraction of sp³-hybridized carbons (Fsp3) is 0.727. The number of aromatic amines is 1. The van der Waals surface area contributed by atoms with Crippen LogP contribution in [-0.2, 0) is 11.3 Å². The first-order valence-electron chi connectivity index (χ1n) is 6.09. The van der Waals surface area contributed by atoms with Gasteiger partial charge >= 0.3 is 4.87 Å². The molecule has 0 spiro atoms. The number of hydrogen-bond acceptors (Lipinski definition) is 6. The lowest BCUT2D eigenvalue weighted by molar-refractivity contribution is 0.0149. The Morgan fingerprint density at radius 1 is 1.56 bits per heavy atom. The zero-order valence-corrected chi connectivity index (χ0v) is 11.0. The van der Waals surface area contributed by atoms with Crippen LogP contribution in [0.25, 0.3) is 0 Å². The molecular weight excluding hydrogens is 254 g/mol. The number of β-amino-alcohol motifs (C(OH)–C–C–N with tert-alkyl or cyclic N) is 1. The van der Waals surface area contributed by atoms with Crippen molar-refractivity contribution < 1.29 is 9.84 Å². The molecule has 0 saturated carbocycles. The van der Waals surface area contributed by atoms with E-state index in [0.717, 1.165) is 43.3 Å². The van der Waals surface area contributed by atoms with Crippen molar-refractivity contribution in [2.24, 2.45) is 0 Å². The molecule has 18 heavy (non-hydrogen) atoms. The average Bonchev–Trinajstić information content (AvgIpc) is 2.76. The second-order valence-corrected chi connectivity index (χ2v) is 5.21. The summed E-state index contributed by atoms with van der Waals surface area (Å²) in [5.74, 6) is 0. The highest BCUT2D eigenvalue weighted by molar-refractivity contribution is 7.07. The van der Waals surface area contributed by atoms with Crippen LogP contribution >= 0.6 is 11.3 Å². The minimum Gasteiger partial charge on any atom is -0.390 e. The van der Waals surface area contributed by atoms with Gasteiger partial charge in [0.25, 0.3) is 0 Å². The third kappa shape index (κ3) is 4.51. The largest absolute Gasteiger partial charge is 0.390 e. The molecule has 0 bridgehead atoms. The number of H-pyrrole nitrogens is 1. The minimum absolute atomic E-state index is 0.0411. The molecule has 102 valence electrons. The zero-order chi connectivity index (χ0) is 12.8. The van der Waals surface area contributed by atoms with E-state index < -0.39 is 6.10 Å². The summed E-state index contributed by atoms with van der Waals surface area (Å²) in [5.41, 5.74) is 0.864. The van der Waals surface area contributed by atoms with Gasteiger partial charge in [-0.25, -0.2) is 0 Å². The molecule has 1 atom stereocenters. The third-order valence-corrected chi connectivity index (χ3v) is 3.56. The van der Waals surface area contributed by atoms with E-state index in [1.807, 2.05) is 0 Å². The molecule has 3 N–H and O–H groups in total. The molecule has 2 rings (SSSR count). The Kier molecular flexibility index (Phi) is 5.33. The fourth-order valence-electron chi connectivity index (χ4n) is 1.92. The molecule has 1 aliphatic rings. The van der Waals surface area contributed by atoms with Gasteiger partial charge in [0.2, 0.25) is 0 Å². The zero-order valence-electron chi connectivity index (χ0n) is 10.2. The lowest BCUT2D eigenvalue weighted by atomic mass is 10.3. The highest BCUT2D eigenvalue weighted by atomic mass is 32.1. The van der Waals surface area contributed by atoms with Crippen molar-refractivity contribution >= 4 is 11.3 Å². The van der Waals surface area contributed by atoms with Gasteiger partial charge in [0.05, 0.1) is 19.3 Å². The smallest absolute Gasteiger partial charge is 0.304 e. The fourth-order valence-corrected chi connectivity index (χ4v) is 2.50. The van der Waals surface area contributed by atoms with Gasteiger partial charge in [-0.15, -0.1) is 0 Å². The molecule has 1 fully saturated rings. The summed E-state index contributed by atoms with van der Waals surface area (Å²) in [4.78, 5) is 15.8. The Bertz CT molecular complexity index is 400. The number of nitrogens with one attached hydrogen (secondary N) is 2. The van der Waals surface area contributed by atoms with Gasteiger partial charge in [-0.2, -0.15) is 0 Å². The summed E-state index contributed by atoms with van der Waals surface area (Å²) in [5, 5.41) is 14.8. The Morgan fingerprint density at radius 2 is 2.33 bits per heavy atom. The first-order chi connectivity index (χ1) is 8.74. The Hall–Kier alpha value is -0.730. The second kappa shape index (κ2) is 7.01. The van der Waals surface area contributed by atoms with Crippen molar-refractivity contribution in [1.29, 1.82) is 0 Å². The van der Waals surface area contributed by atoms with Gasteiger partial charge in [-0.05, 0) is 0 Å². The van der Waals surface area contributed by atoms with E-state index in [1.54, 1.807) is 5.38 Å². The molecule has 1 aromatic rings. The van der Waals surface area contributed by atoms with Gasteiger partial charge in [0.15, 0.2) is 0 Å². The predicted molar refractivity (Wildman–Crippen MR) is 69.9 cm³/mol. The Labute approximate surface area is 110 Å². The molecule has 1 aromatic heterocycles. The number of ether oxygens (including phenoxy) is 1. The van der Waals surface area contributed by atoms with E-state index >= 15 is 0 Å². The van der Waals surface area contributed by atoms with E-state index in [-0.39, 0.29) is 4.87 Å². The monoisotopic (exact) mass is 273 g/mol. The van der Waals surface area contributed by atoms with Gasteiger partial charge in [0.1, 0.15) is 0 Å². The molecule has 0 radical (unpaired) electrons. The molecule has 0 aliphatic carbocycles. The molecule has 6 nitrogen and oxygen atoms in total. The lowest BCUT2D eigenvalue weighted by Gasteiger charge is -2.28. The molecular formula is C11H19N3O3S. The first-order valence-corrected chi connectivity index (χ1v) is 6.97. The molecule has 0 amide bonds. The third-order valence-electron chi connectivity index (χ3n) is 2.84. The Morgan fingerprint density at radius 3 is 3.00 bits per heavy atom. The standard InChI is InChI=1S/C11H19N3O3S/c15-10(7-14-1-3-17-4-2-14)6-12-5-9-8-18-11(16)13-9/h8,10,12,15H,1-7H2,(H,13,16). The van der Waals surface area contributed by atoms with Crippen LogP contribution in [0.5, 0.6) is 0 Å². The van der Waals surface area contributed by atoms with Crippen LogP contribution in [0.1, 0.15) is 5.69 Å². The Balaban J connectivity index is 1.62. The van der Waals surface area contributed by atoms with Crippen LogP contribution in [0.15, 0.2) is 10.2 Å². The highest BCUT2D eigenvalue weighted by Gasteiger charge is 2.14. The summed E-state index contributed by atoms with van der Waals surface area (Å²) in [6.45, 7) is 5.03. The summed E-state index contributed by atoms with van der Waals surface area (Å²) in [6, 6.07) is 0. The topological polar surface area (TPSA) is 77.6 Å². The summed E-state index contributed by atoms with van der Waals surface area (Å²) in [6.07, 6.45) is -0.395. The maximum Gasteiger partial charge on any atom is 0.304 e. The van der Waals surface area contributed by atoms with E-state index in [1.165, 1.54) is 0 Å². The van der Waals surface area contributed by atoms with Gasteiger partial charge in [0, 0.05) is 43.8 Å². The number of morpholine rings is 1. The second-order valence-electron chi connectivity index (χ2n) is 4.37. The van der Waals surface area contributed by atoms with Crippen molar-refractivity contribution in [3.63, 3.8) is 0 Å². The van der Waals surface area contributed by atoms with Crippen molar-refractivity contribution in [1.82, 2.24) is 15.2 Å². The molecule has 1 saturated heterocycles. The molecule has 0 aromatic carbocycles. The number of nitrogens with zero attached hydrogens (tertiary/aromatic N) is 1. The van der Waals surface area contributed by atoms with E-state index in [2.05, 4.69) is 15.2 Å². The maximum atomic E-state index is 10.9. The number of aliphatic hydroxyl groups excluding tert-OH is 1. The number of thiazole rings is 1. The number of aromatic nitrogens is 1. The summed E-state index contributed by atoms with van der Waals surface area (Å²) in [7, 11) is 0. The normalized spacial score (nSPS) is 18.9. The number of aliphatic hydroxyl groups is 1. The van der Waals surface area contributed by atoms with Crippen LogP contribution in [0.3, 0.4) is 0 Å². The van der Waals surface area contributed by atoms with E-state index in [4.69, 9.17) is 4.74 Å². The summed E-state index contributed by atoms with van der Waals surface area (Å²) < 4.78 is 5.25. The van der Waals surface area contributed by atoms with Crippen molar-refractivity contribution in [2.45, 2.75) is 12.6 Å². The minimum atomic E-state index is -0.395. The molecule has 1 unspecified atom stereocenters. The average molecular weight is 273 g/mol. The van der Waals surface area contributed by atoms with E-state index in [9.17, 15) is 9.90 Å². The first kappa shape index (κ1) is 13.7. The lowest BCUT2D eigenvalue weighted by Crippen LogP contribution is -2.43. The van der Waals surface area contributed by atoms with Crippen LogP contribution in [0.2, 0.25) is 0 Å². The van der Waals surface area contributed by atoms with Crippen molar-refractivity contribution in [3.8, 4) is 0 Å². The molecule has 1 aliphatic heterocycles. The number of hydrogen-bond donors (Lipinski definition) is 3. The quantitative estimate of drug-likeness (QED) is 0.634.